The van der Waals surface area contributed by atoms with Crippen molar-refractivity contribution in [2.24, 2.45) is 0 Å². The van der Waals surface area contributed by atoms with Crippen LogP contribution in [-0.2, 0) is 4.79 Å². The van der Waals surface area contributed by atoms with Crippen molar-refractivity contribution in [1.29, 1.82) is 5.26 Å². The van der Waals surface area contributed by atoms with Crippen molar-refractivity contribution >= 4 is 40.9 Å². The lowest BCUT2D eigenvalue weighted by Gasteiger charge is -2.04. The van der Waals surface area contributed by atoms with Gasteiger partial charge in [-0.1, -0.05) is 41.4 Å². The van der Waals surface area contributed by atoms with Gasteiger partial charge in [0.2, 0.25) is 0 Å². The van der Waals surface area contributed by atoms with Gasteiger partial charge in [0.05, 0.1) is 0 Å². The van der Waals surface area contributed by atoms with Crippen molar-refractivity contribution in [3.05, 3.63) is 69.7 Å². The zero-order valence-corrected chi connectivity index (χ0v) is 12.3. The highest BCUT2D eigenvalue weighted by Gasteiger charge is 2.10. The number of rotatable bonds is 3. The maximum Gasteiger partial charge on any atom is 0.266 e. The maximum atomic E-state index is 12.1. The molecule has 0 radical (unpaired) electrons. The van der Waals surface area contributed by atoms with Crippen LogP contribution in [0, 0.1) is 11.3 Å². The molecule has 0 aliphatic carbocycles. The van der Waals surface area contributed by atoms with E-state index in [1.54, 1.807) is 48.5 Å². The average Bonchev–Trinajstić information content (AvgIpc) is 2.48. The molecule has 0 aliphatic rings. The molecule has 5 heteroatoms. The first-order valence-corrected chi connectivity index (χ1v) is 6.79. The number of nitrogens with one attached hydrogen (secondary N) is 1. The lowest BCUT2D eigenvalue weighted by Crippen LogP contribution is -2.13. The fourth-order valence-electron chi connectivity index (χ4n) is 1.63. The Hall–Kier alpha value is -2.28. The second-order valence-electron chi connectivity index (χ2n) is 4.15. The lowest BCUT2D eigenvalue weighted by atomic mass is 10.1. The first-order valence-electron chi connectivity index (χ1n) is 6.03. The Labute approximate surface area is 132 Å². The number of halogens is 2. The summed E-state index contributed by atoms with van der Waals surface area (Å²) in [6.07, 6.45) is 1.45. The van der Waals surface area contributed by atoms with E-state index < -0.39 is 5.91 Å². The van der Waals surface area contributed by atoms with Crippen molar-refractivity contribution in [3.63, 3.8) is 0 Å². The predicted molar refractivity (Wildman–Crippen MR) is 85.1 cm³/mol. The molecule has 1 amide bonds. The minimum atomic E-state index is -0.500. The molecule has 0 aromatic heterocycles. The average molecular weight is 317 g/mol. The van der Waals surface area contributed by atoms with E-state index in [1.807, 2.05) is 6.07 Å². The molecule has 0 bridgehead atoms. The SMILES string of the molecule is N#C/C(=C\c1ccccc1Cl)C(=O)Nc1ccc(Cl)cc1. The van der Waals surface area contributed by atoms with E-state index in [2.05, 4.69) is 5.32 Å². The van der Waals surface area contributed by atoms with Crippen molar-refractivity contribution < 1.29 is 4.79 Å². The second-order valence-corrected chi connectivity index (χ2v) is 5.00. The van der Waals surface area contributed by atoms with Gasteiger partial charge in [-0.3, -0.25) is 4.79 Å². The number of hydrogen-bond acceptors (Lipinski definition) is 2. The molecule has 0 atom stereocenters. The van der Waals surface area contributed by atoms with Crippen LogP contribution in [0.15, 0.2) is 54.1 Å². The number of anilines is 1. The number of amides is 1. The summed E-state index contributed by atoms with van der Waals surface area (Å²) in [4.78, 5) is 12.1. The Morgan fingerprint density at radius 1 is 1.10 bits per heavy atom. The van der Waals surface area contributed by atoms with Crippen LogP contribution in [0.3, 0.4) is 0 Å². The van der Waals surface area contributed by atoms with E-state index >= 15 is 0 Å². The summed E-state index contributed by atoms with van der Waals surface area (Å²) < 4.78 is 0. The third kappa shape index (κ3) is 4.09. The summed E-state index contributed by atoms with van der Waals surface area (Å²) in [6.45, 7) is 0. The Morgan fingerprint density at radius 2 is 1.76 bits per heavy atom. The molecule has 0 fully saturated rings. The van der Waals surface area contributed by atoms with Gasteiger partial charge in [-0.2, -0.15) is 5.26 Å². The van der Waals surface area contributed by atoms with Gasteiger partial charge in [0, 0.05) is 15.7 Å². The Morgan fingerprint density at radius 3 is 2.38 bits per heavy atom. The molecule has 0 heterocycles. The number of hydrogen-bond donors (Lipinski definition) is 1. The van der Waals surface area contributed by atoms with Crippen LogP contribution in [0.25, 0.3) is 6.08 Å². The van der Waals surface area contributed by atoms with Gasteiger partial charge in [0.1, 0.15) is 11.6 Å². The molecule has 0 saturated carbocycles. The quantitative estimate of drug-likeness (QED) is 0.667. The molecule has 1 N–H and O–H groups in total. The van der Waals surface area contributed by atoms with Crippen LogP contribution >= 0.6 is 23.2 Å². The summed E-state index contributed by atoms with van der Waals surface area (Å²) in [5.41, 5.74) is 1.14. The fraction of sp³-hybridized carbons (Fsp3) is 0. The van der Waals surface area contributed by atoms with Gasteiger partial charge in [0.25, 0.3) is 5.91 Å². The summed E-state index contributed by atoms with van der Waals surface area (Å²) in [6, 6.07) is 15.5. The first-order chi connectivity index (χ1) is 10.1. The van der Waals surface area contributed by atoms with Gasteiger partial charge in [-0.15, -0.1) is 0 Å². The number of benzene rings is 2. The zero-order valence-electron chi connectivity index (χ0n) is 10.8. The molecule has 104 valence electrons. The molecule has 0 unspecified atom stereocenters. The maximum absolute atomic E-state index is 12.1. The second kappa shape index (κ2) is 6.94. The van der Waals surface area contributed by atoms with E-state index in [1.165, 1.54) is 6.08 Å². The summed E-state index contributed by atoms with van der Waals surface area (Å²) in [5.74, 6) is -0.500. The Balaban J connectivity index is 2.22. The molecule has 0 spiro atoms. The molecule has 3 nitrogen and oxygen atoms in total. The minimum absolute atomic E-state index is 0.0296. The largest absolute Gasteiger partial charge is 0.321 e. The third-order valence-electron chi connectivity index (χ3n) is 2.67. The Bertz CT molecular complexity index is 731. The minimum Gasteiger partial charge on any atom is -0.321 e. The molecule has 0 aliphatic heterocycles. The van der Waals surface area contributed by atoms with Crippen LogP contribution in [0.2, 0.25) is 10.0 Å². The lowest BCUT2D eigenvalue weighted by molar-refractivity contribution is -0.112. The van der Waals surface area contributed by atoms with Crippen LogP contribution in [0.5, 0.6) is 0 Å². The van der Waals surface area contributed by atoms with E-state index in [4.69, 9.17) is 28.5 Å². The summed E-state index contributed by atoms with van der Waals surface area (Å²) in [5, 5.41) is 12.8. The third-order valence-corrected chi connectivity index (χ3v) is 3.27. The van der Waals surface area contributed by atoms with Crippen LogP contribution < -0.4 is 5.32 Å². The summed E-state index contributed by atoms with van der Waals surface area (Å²) in [7, 11) is 0. The molecule has 0 saturated heterocycles. The summed E-state index contributed by atoms with van der Waals surface area (Å²) >= 11 is 11.8. The van der Waals surface area contributed by atoms with Crippen LogP contribution in [0.4, 0.5) is 5.69 Å². The standard InChI is InChI=1S/C16H10Cl2N2O/c17-13-5-7-14(8-6-13)20-16(21)12(10-19)9-11-3-1-2-4-15(11)18/h1-9H,(H,20,21)/b12-9+. The van der Waals surface area contributed by atoms with Crippen LogP contribution in [0.1, 0.15) is 5.56 Å². The van der Waals surface area contributed by atoms with Gasteiger partial charge in [-0.05, 0) is 42.0 Å². The van der Waals surface area contributed by atoms with Gasteiger partial charge >= 0.3 is 0 Å². The number of nitriles is 1. The normalized spacial score (nSPS) is 10.8. The topological polar surface area (TPSA) is 52.9 Å². The van der Waals surface area contributed by atoms with Gasteiger partial charge < -0.3 is 5.32 Å². The number of carbonyl (C=O) groups excluding carboxylic acids is 1. The highest BCUT2D eigenvalue weighted by Crippen LogP contribution is 2.19. The van der Waals surface area contributed by atoms with Gasteiger partial charge in [-0.25, -0.2) is 0 Å². The van der Waals surface area contributed by atoms with Crippen LogP contribution in [-0.4, -0.2) is 5.91 Å². The van der Waals surface area contributed by atoms with Crippen molar-refractivity contribution in [2.45, 2.75) is 0 Å². The van der Waals surface area contributed by atoms with Crippen molar-refractivity contribution in [1.82, 2.24) is 0 Å². The number of nitrogens with zero attached hydrogens (tertiary/aromatic N) is 1. The van der Waals surface area contributed by atoms with Crippen molar-refractivity contribution in [3.8, 4) is 6.07 Å². The monoisotopic (exact) mass is 316 g/mol. The van der Waals surface area contributed by atoms with Gasteiger partial charge in [0.15, 0.2) is 0 Å². The fourth-order valence-corrected chi connectivity index (χ4v) is 1.94. The zero-order chi connectivity index (χ0) is 15.2. The number of carbonyl (C=O) groups is 1. The van der Waals surface area contributed by atoms with E-state index in [0.717, 1.165) is 0 Å². The van der Waals surface area contributed by atoms with E-state index in [-0.39, 0.29) is 5.57 Å². The molecular formula is C16H10Cl2N2O. The predicted octanol–water partition coefficient (Wildman–Crippen LogP) is 4.54. The molecular weight excluding hydrogens is 307 g/mol. The first kappa shape index (κ1) is 15.1. The molecule has 2 aromatic rings. The van der Waals surface area contributed by atoms with Crippen molar-refractivity contribution in [2.75, 3.05) is 5.32 Å². The molecule has 2 rings (SSSR count). The smallest absolute Gasteiger partial charge is 0.266 e. The Kier molecular flexibility index (Phi) is 4.99. The molecule has 21 heavy (non-hydrogen) atoms. The highest BCUT2D eigenvalue weighted by atomic mass is 35.5. The van der Waals surface area contributed by atoms with E-state index in [9.17, 15) is 4.79 Å². The highest BCUT2D eigenvalue weighted by molar-refractivity contribution is 6.32. The molecule has 2 aromatic carbocycles. The van der Waals surface area contributed by atoms with E-state index in [0.29, 0.717) is 21.3 Å².